The van der Waals surface area contributed by atoms with Gasteiger partial charge in [-0.25, -0.2) is 0 Å². The van der Waals surface area contributed by atoms with Gasteiger partial charge in [0.1, 0.15) is 0 Å². The molecule has 0 N–H and O–H groups in total. The van der Waals surface area contributed by atoms with Crippen molar-refractivity contribution < 1.29 is 0 Å². The number of para-hydroxylation sites is 1. The molecule has 0 amide bonds. The monoisotopic (exact) mass is 718 g/mol. The number of nitrogens with zero attached hydrogens (tertiary/aromatic N) is 2. The highest BCUT2D eigenvalue weighted by Gasteiger charge is 2.17. The van der Waals surface area contributed by atoms with E-state index in [-0.39, 0.29) is 0 Å². The van der Waals surface area contributed by atoms with E-state index < -0.39 is 0 Å². The van der Waals surface area contributed by atoms with Crippen LogP contribution in [0.4, 0.5) is 17.1 Å². The van der Waals surface area contributed by atoms with E-state index in [1.165, 1.54) is 75.0 Å². The maximum Gasteiger partial charge on any atom is 0.0547 e. The van der Waals surface area contributed by atoms with E-state index in [2.05, 4.69) is 216 Å². The van der Waals surface area contributed by atoms with E-state index in [1.54, 1.807) is 0 Å². The average molecular weight is 719 g/mol. The summed E-state index contributed by atoms with van der Waals surface area (Å²) in [5, 5.41) is 7.68. The highest BCUT2D eigenvalue weighted by Crippen LogP contribution is 2.42. The van der Waals surface area contributed by atoms with Crippen molar-refractivity contribution in [2.45, 2.75) is 0 Å². The Morgan fingerprint density at radius 1 is 0.364 bits per heavy atom. The SMILES string of the molecule is c1ccc(-c2ccc(N(c3ccc(-c4cccc5sc6ccccc6c45)cc3)c3ccc(-n4c5ccccc5c5cc6ccccc6cc54)cc3)cc2)cc1. The Balaban J connectivity index is 1.03. The molecule has 0 spiro atoms. The smallest absolute Gasteiger partial charge is 0.0547 e. The van der Waals surface area contributed by atoms with Crippen LogP contribution in [0.1, 0.15) is 0 Å². The van der Waals surface area contributed by atoms with Gasteiger partial charge in [0.2, 0.25) is 0 Å². The molecule has 2 heterocycles. The van der Waals surface area contributed by atoms with Crippen molar-refractivity contribution in [2.75, 3.05) is 4.90 Å². The van der Waals surface area contributed by atoms with E-state index in [4.69, 9.17) is 0 Å². The first-order chi connectivity index (χ1) is 27.3. The first-order valence-corrected chi connectivity index (χ1v) is 19.6. The van der Waals surface area contributed by atoms with Crippen molar-refractivity contribution in [2.24, 2.45) is 0 Å². The van der Waals surface area contributed by atoms with Gasteiger partial charge in [0.25, 0.3) is 0 Å². The molecule has 0 saturated heterocycles. The van der Waals surface area contributed by atoms with Crippen LogP contribution in [0.3, 0.4) is 0 Å². The lowest BCUT2D eigenvalue weighted by atomic mass is 9.99. The van der Waals surface area contributed by atoms with Crippen molar-refractivity contribution >= 4 is 81.1 Å². The summed E-state index contributed by atoms with van der Waals surface area (Å²) in [5.74, 6) is 0. The van der Waals surface area contributed by atoms with Gasteiger partial charge in [0, 0.05) is 53.7 Å². The quantitative estimate of drug-likeness (QED) is 0.166. The largest absolute Gasteiger partial charge is 0.311 e. The summed E-state index contributed by atoms with van der Waals surface area (Å²) in [6, 6.07) is 75.1. The molecule has 0 radical (unpaired) electrons. The molecule has 11 rings (SSSR count). The summed E-state index contributed by atoms with van der Waals surface area (Å²) < 4.78 is 5.05. The summed E-state index contributed by atoms with van der Waals surface area (Å²) in [6.45, 7) is 0. The lowest BCUT2D eigenvalue weighted by Crippen LogP contribution is -2.10. The fraction of sp³-hybridized carbons (Fsp3) is 0. The predicted octanol–water partition coefficient (Wildman–Crippen LogP) is 15.1. The van der Waals surface area contributed by atoms with Gasteiger partial charge in [-0.15, -0.1) is 11.3 Å². The number of thiophene rings is 1. The van der Waals surface area contributed by atoms with Crippen LogP contribution < -0.4 is 4.90 Å². The number of anilines is 3. The van der Waals surface area contributed by atoms with Crippen LogP contribution in [-0.4, -0.2) is 4.57 Å². The highest BCUT2D eigenvalue weighted by atomic mass is 32.1. The maximum absolute atomic E-state index is 2.41. The molecule has 2 aromatic heterocycles. The van der Waals surface area contributed by atoms with E-state index in [0.29, 0.717) is 0 Å². The minimum atomic E-state index is 1.10. The zero-order valence-electron chi connectivity index (χ0n) is 29.9. The Labute approximate surface area is 323 Å². The standard InChI is InChI=1S/C52H34N2S/c1-2-11-35(12-3-1)36-21-25-40(26-22-36)53(41-27-23-37(24-28-41)44-17-10-20-51-52(44)46-16-7-9-19-50(46)55-51)42-29-31-43(32-30-42)54-48-18-8-6-15-45(48)47-33-38-13-4-5-14-39(38)34-49(47)54/h1-34H. The van der Waals surface area contributed by atoms with Crippen molar-refractivity contribution in [3.63, 3.8) is 0 Å². The molecule has 3 heteroatoms. The van der Waals surface area contributed by atoms with Crippen molar-refractivity contribution in [3.05, 3.63) is 206 Å². The molecule has 55 heavy (non-hydrogen) atoms. The minimum absolute atomic E-state index is 1.10. The third-order valence-electron chi connectivity index (χ3n) is 11.0. The molecular weight excluding hydrogens is 685 g/mol. The number of hydrogen-bond donors (Lipinski definition) is 0. The van der Waals surface area contributed by atoms with Crippen molar-refractivity contribution in [1.29, 1.82) is 0 Å². The van der Waals surface area contributed by atoms with E-state index in [1.807, 2.05) is 11.3 Å². The second-order valence-corrected chi connectivity index (χ2v) is 15.2. The van der Waals surface area contributed by atoms with Gasteiger partial charge in [-0.3, -0.25) is 0 Å². The molecule has 0 aliphatic heterocycles. The number of benzene rings is 9. The Morgan fingerprint density at radius 2 is 0.927 bits per heavy atom. The minimum Gasteiger partial charge on any atom is -0.311 e. The van der Waals surface area contributed by atoms with E-state index in [9.17, 15) is 0 Å². The molecule has 0 saturated carbocycles. The van der Waals surface area contributed by atoms with Crippen LogP contribution in [-0.2, 0) is 0 Å². The van der Waals surface area contributed by atoms with E-state index >= 15 is 0 Å². The van der Waals surface area contributed by atoms with Crippen LogP contribution in [0.2, 0.25) is 0 Å². The van der Waals surface area contributed by atoms with Gasteiger partial charge in [-0.2, -0.15) is 0 Å². The molecule has 0 bridgehead atoms. The zero-order chi connectivity index (χ0) is 36.3. The summed E-state index contributed by atoms with van der Waals surface area (Å²) in [6.07, 6.45) is 0. The predicted molar refractivity (Wildman–Crippen MR) is 237 cm³/mol. The summed E-state index contributed by atoms with van der Waals surface area (Å²) >= 11 is 1.86. The molecule has 2 nitrogen and oxygen atoms in total. The lowest BCUT2D eigenvalue weighted by Gasteiger charge is -2.26. The van der Waals surface area contributed by atoms with Gasteiger partial charge < -0.3 is 9.47 Å². The molecule has 0 aliphatic rings. The Hall–Kier alpha value is -6.94. The van der Waals surface area contributed by atoms with Crippen molar-refractivity contribution in [3.8, 4) is 27.9 Å². The zero-order valence-corrected chi connectivity index (χ0v) is 30.7. The third-order valence-corrected chi connectivity index (χ3v) is 12.1. The Morgan fingerprint density at radius 3 is 1.67 bits per heavy atom. The summed E-state index contributed by atoms with van der Waals surface area (Å²) in [7, 11) is 0. The maximum atomic E-state index is 2.41. The van der Waals surface area contributed by atoms with E-state index in [0.717, 1.165) is 22.7 Å². The first-order valence-electron chi connectivity index (χ1n) is 18.8. The molecule has 258 valence electrons. The molecule has 0 fully saturated rings. The molecule has 11 aromatic rings. The van der Waals surface area contributed by atoms with Crippen LogP contribution in [0.15, 0.2) is 206 Å². The topological polar surface area (TPSA) is 8.17 Å². The highest BCUT2D eigenvalue weighted by molar-refractivity contribution is 7.25. The van der Waals surface area contributed by atoms with Crippen LogP contribution in [0.5, 0.6) is 0 Å². The Kier molecular flexibility index (Phi) is 7.39. The summed E-state index contributed by atoms with van der Waals surface area (Å²) in [4.78, 5) is 2.36. The first kappa shape index (κ1) is 31.6. The van der Waals surface area contributed by atoms with Crippen LogP contribution in [0.25, 0.3) is 80.7 Å². The number of hydrogen-bond acceptors (Lipinski definition) is 2. The molecule has 9 aromatic carbocycles. The number of aromatic nitrogens is 1. The molecule has 0 aliphatic carbocycles. The Bertz CT molecular complexity index is 3170. The number of rotatable bonds is 6. The van der Waals surface area contributed by atoms with Gasteiger partial charge in [0.15, 0.2) is 0 Å². The second kappa shape index (κ2) is 12.9. The van der Waals surface area contributed by atoms with Gasteiger partial charge >= 0.3 is 0 Å². The second-order valence-electron chi connectivity index (χ2n) is 14.2. The molecular formula is C52H34N2S. The van der Waals surface area contributed by atoms with Gasteiger partial charge in [-0.05, 0) is 112 Å². The normalized spacial score (nSPS) is 11.6. The third kappa shape index (κ3) is 5.32. The fourth-order valence-corrected chi connectivity index (χ4v) is 9.50. The van der Waals surface area contributed by atoms with Gasteiger partial charge in [0.05, 0.1) is 11.0 Å². The van der Waals surface area contributed by atoms with Gasteiger partial charge in [-0.1, -0.05) is 127 Å². The molecule has 0 unspecified atom stereocenters. The van der Waals surface area contributed by atoms with Crippen LogP contribution in [0, 0.1) is 0 Å². The lowest BCUT2D eigenvalue weighted by molar-refractivity contribution is 1.17. The number of fused-ring (bicyclic) bond motifs is 7. The van der Waals surface area contributed by atoms with Crippen molar-refractivity contribution in [1.82, 2.24) is 4.57 Å². The average Bonchev–Trinajstić information content (AvgIpc) is 3.80. The van der Waals surface area contributed by atoms with Crippen LogP contribution >= 0.6 is 11.3 Å². The summed E-state index contributed by atoms with van der Waals surface area (Å²) in [5.41, 5.74) is 11.8. The fourth-order valence-electron chi connectivity index (χ4n) is 8.37. The molecule has 0 atom stereocenters.